The Bertz CT molecular complexity index is 350. The lowest BCUT2D eigenvalue weighted by atomic mass is 10.1. The van der Waals surface area contributed by atoms with Gasteiger partial charge in [0, 0.05) is 23.6 Å². The summed E-state index contributed by atoms with van der Waals surface area (Å²) in [5, 5.41) is 0. The Hall–Kier alpha value is -0.740. The van der Waals surface area contributed by atoms with E-state index in [0.29, 0.717) is 12.3 Å². The average molecular weight is 269 g/mol. The molecule has 1 saturated heterocycles. The van der Waals surface area contributed by atoms with Crippen LogP contribution in [0.3, 0.4) is 0 Å². The van der Waals surface area contributed by atoms with Gasteiger partial charge in [0.15, 0.2) is 0 Å². The topological polar surface area (TPSA) is 33.2 Å². The summed E-state index contributed by atoms with van der Waals surface area (Å²) in [6, 6.07) is 3.97. The summed E-state index contributed by atoms with van der Waals surface area (Å²) in [7, 11) is 0. The van der Waals surface area contributed by atoms with E-state index in [4.69, 9.17) is 0 Å². The molecule has 0 atom stereocenters. The second kappa shape index (κ2) is 4.86. The number of aromatic nitrogens is 1. The maximum absolute atomic E-state index is 11.2. The van der Waals surface area contributed by atoms with Crippen LogP contribution >= 0.6 is 15.9 Å². The second-order valence-corrected chi connectivity index (χ2v) is 4.74. The number of hydrogen-bond donors (Lipinski definition) is 0. The first-order valence-electron chi connectivity index (χ1n) is 5.08. The standard InChI is InChI=1S/C11H13BrN2O/c12-9-3-4-10(13-6-9)7-14-5-1-2-11(15)8-14/h3-4,6H,1-2,5,7-8H2. The monoisotopic (exact) mass is 268 g/mol. The van der Waals surface area contributed by atoms with Crippen LogP contribution in [0.2, 0.25) is 0 Å². The van der Waals surface area contributed by atoms with Gasteiger partial charge in [-0.3, -0.25) is 14.7 Å². The van der Waals surface area contributed by atoms with Crippen molar-refractivity contribution in [2.24, 2.45) is 0 Å². The van der Waals surface area contributed by atoms with Gasteiger partial charge in [0.1, 0.15) is 5.78 Å². The van der Waals surface area contributed by atoms with Crippen LogP contribution in [0.5, 0.6) is 0 Å². The molecular formula is C11H13BrN2O. The Balaban J connectivity index is 1.96. The minimum absolute atomic E-state index is 0.346. The summed E-state index contributed by atoms with van der Waals surface area (Å²) in [6.45, 7) is 2.36. The van der Waals surface area contributed by atoms with E-state index in [1.54, 1.807) is 6.20 Å². The van der Waals surface area contributed by atoms with Gasteiger partial charge in [0.2, 0.25) is 0 Å². The Morgan fingerprint density at radius 2 is 2.33 bits per heavy atom. The lowest BCUT2D eigenvalue weighted by Crippen LogP contribution is -2.35. The van der Waals surface area contributed by atoms with Crippen molar-refractivity contribution in [3.63, 3.8) is 0 Å². The molecule has 4 heteroatoms. The summed E-state index contributed by atoms with van der Waals surface area (Å²) in [4.78, 5) is 17.7. The van der Waals surface area contributed by atoms with Crippen LogP contribution < -0.4 is 0 Å². The highest BCUT2D eigenvalue weighted by atomic mass is 79.9. The molecule has 0 spiro atoms. The molecule has 80 valence electrons. The third-order valence-corrected chi connectivity index (χ3v) is 2.97. The van der Waals surface area contributed by atoms with E-state index in [2.05, 4.69) is 25.8 Å². The van der Waals surface area contributed by atoms with E-state index in [-0.39, 0.29) is 0 Å². The molecule has 0 aromatic carbocycles. The molecule has 1 aliphatic heterocycles. The first-order chi connectivity index (χ1) is 7.24. The Labute approximate surface area is 97.6 Å². The fourth-order valence-corrected chi connectivity index (χ4v) is 2.01. The third kappa shape index (κ3) is 3.11. The lowest BCUT2D eigenvalue weighted by Gasteiger charge is -2.24. The van der Waals surface area contributed by atoms with Crippen LogP contribution in [-0.4, -0.2) is 28.8 Å². The highest BCUT2D eigenvalue weighted by molar-refractivity contribution is 9.10. The summed E-state index contributed by atoms with van der Waals surface area (Å²) in [6.07, 6.45) is 3.51. The first kappa shape index (κ1) is 10.8. The number of carbonyl (C=O) groups is 1. The van der Waals surface area contributed by atoms with Crippen LogP contribution in [-0.2, 0) is 11.3 Å². The third-order valence-electron chi connectivity index (χ3n) is 2.50. The number of nitrogens with zero attached hydrogens (tertiary/aromatic N) is 2. The number of piperidine rings is 1. The largest absolute Gasteiger partial charge is 0.298 e. The molecule has 1 fully saturated rings. The van der Waals surface area contributed by atoms with Crippen molar-refractivity contribution in [2.45, 2.75) is 19.4 Å². The van der Waals surface area contributed by atoms with Crippen molar-refractivity contribution < 1.29 is 4.79 Å². The molecule has 0 saturated carbocycles. The number of rotatable bonds is 2. The number of halogens is 1. The van der Waals surface area contributed by atoms with Crippen LogP contribution in [0, 0.1) is 0 Å². The first-order valence-corrected chi connectivity index (χ1v) is 5.88. The van der Waals surface area contributed by atoms with Crippen molar-refractivity contribution in [3.8, 4) is 0 Å². The molecule has 0 amide bonds. The zero-order valence-electron chi connectivity index (χ0n) is 8.45. The fourth-order valence-electron chi connectivity index (χ4n) is 1.77. The lowest BCUT2D eigenvalue weighted by molar-refractivity contribution is -0.122. The fraction of sp³-hybridized carbons (Fsp3) is 0.455. The molecule has 1 aromatic heterocycles. The minimum atomic E-state index is 0.346. The smallest absolute Gasteiger partial charge is 0.146 e. The molecule has 1 aromatic rings. The van der Waals surface area contributed by atoms with Crippen molar-refractivity contribution in [3.05, 3.63) is 28.5 Å². The van der Waals surface area contributed by atoms with E-state index in [1.165, 1.54) is 0 Å². The minimum Gasteiger partial charge on any atom is -0.298 e. The van der Waals surface area contributed by atoms with Crippen molar-refractivity contribution in [1.82, 2.24) is 9.88 Å². The molecule has 0 bridgehead atoms. The normalized spacial score (nSPS) is 18.1. The van der Waals surface area contributed by atoms with E-state index < -0.39 is 0 Å². The van der Waals surface area contributed by atoms with Crippen LogP contribution in [0.15, 0.2) is 22.8 Å². The number of Topliss-reactive ketones (excluding diaryl/α,β-unsaturated/α-hetero) is 1. The summed E-state index contributed by atoms with van der Waals surface area (Å²) in [5.74, 6) is 0.346. The van der Waals surface area contributed by atoms with Gasteiger partial charge in [-0.2, -0.15) is 0 Å². The van der Waals surface area contributed by atoms with E-state index in [9.17, 15) is 4.79 Å². The van der Waals surface area contributed by atoms with Gasteiger partial charge >= 0.3 is 0 Å². The second-order valence-electron chi connectivity index (χ2n) is 3.82. The van der Waals surface area contributed by atoms with Gasteiger partial charge in [0.25, 0.3) is 0 Å². The Morgan fingerprint density at radius 3 is 3.00 bits per heavy atom. The molecule has 2 rings (SSSR count). The molecule has 1 aliphatic rings. The predicted octanol–water partition coefficient (Wildman–Crippen LogP) is 2.01. The Morgan fingerprint density at radius 1 is 1.47 bits per heavy atom. The number of ketones is 1. The number of hydrogen-bond acceptors (Lipinski definition) is 3. The zero-order valence-corrected chi connectivity index (χ0v) is 10.0. The Kier molecular flexibility index (Phi) is 3.49. The van der Waals surface area contributed by atoms with Crippen molar-refractivity contribution in [1.29, 1.82) is 0 Å². The van der Waals surface area contributed by atoms with E-state index >= 15 is 0 Å². The number of carbonyl (C=O) groups excluding carboxylic acids is 1. The van der Waals surface area contributed by atoms with Gasteiger partial charge in [0.05, 0.1) is 12.2 Å². The maximum Gasteiger partial charge on any atom is 0.146 e. The molecule has 2 heterocycles. The molecule has 3 nitrogen and oxygen atoms in total. The quantitative estimate of drug-likeness (QED) is 0.823. The zero-order chi connectivity index (χ0) is 10.7. The molecule has 0 unspecified atom stereocenters. The highest BCUT2D eigenvalue weighted by Crippen LogP contribution is 2.12. The van der Waals surface area contributed by atoms with E-state index in [1.807, 2.05) is 12.1 Å². The SMILES string of the molecule is O=C1CCCN(Cc2ccc(Br)cn2)C1. The molecular weight excluding hydrogens is 256 g/mol. The summed E-state index contributed by atoms with van der Waals surface area (Å²) in [5.41, 5.74) is 1.02. The predicted molar refractivity (Wildman–Crippen MR) is 61.5 cm³/mol. The van der Waals surface area contributed by atoms with Gasteiger partial charge in [-0.15, -0.1) is 0 Å². The van der Waals surface area contributed by atoms with Crippen LogP contribution in [0.1, 0.15) is 18.5 Å². The van der Waals surface area contributed by atoms with Crippen molar-refractivity contribution >= 4 is 21.7 Å². The van der Waals surface area contributed by atoms with Gasteiger partial charge < -0.3 is 0 Å². The number of likely N-dealkylation sites (tertiary alicyclic amines) is 1. The van der Waals surface area contributed by atoms with Crippen LogP contribution in [0.4, 0.5) is 0 Å². The average Bonchev–Trinajstić information content (AvgIpc) is 2.22. The molecule has 0 radical (unpaired) electrons. The summed E-state index contributed by atoms with van der Waals surface area (Å²) < 4.78 is 0.987. The molecule has 0 aliphatic carbocycles. The van der Waals surface area contributed by atoms with Gasteiger partial charge in [-0.05, 0) is 41.0 Å². The highest BCUT2D eigenvalue weighted by Gasteiger charge is 2.16. The number of pyridine rings is 1. The molecule has 15 heavy (non-hydrogen) atoms. The van der Waals surface area contributed by atoms with Gasteiger partial charge in [-0.1, -0.05) is 0 Å². The van der Waals surface area contributed by atoms with E-state index in [0.717, 1.165) is 36.1 Å². The van der Waals surface area contributed by atoms with Crippen LogP contribution in [0.25, 0.3) is 0 Å². The molecule has 0 N–H and O–H groups in total. The van der Waals surface area contributed by atoms with Crippen molar-refractivity contribution in [2.75, 3.05) is 13.1 Å². The summed E-state index contributed by atoms with van der Waals surface area (Å²) >= 11 is 3.35. The van der Waals surface area contributed by atoms with Gasteiger partial charge in [-0.25, -0.2) is 0 Å². The maximum atomic E-state index is 11.2.